The Kier molecular flexibility index (Phi) is 7.22. The summed E-state index contributed by atoms with van der Waals surface area (Å²) in [7, 11) is 0. The van der Waals surface area contributed by atoms with Crippen LogP contribution in [0, 0.1) is 5.92 Å². The lowest BCUT2D eigenvalue weighted by atomic mass is 10.1. The zero-order chi connectivity index (χ0) is 16.5. The molecular weight excluding hydrogens is 284 g/mol. The topological polar surface area (TPSA) is 87.7 Å². The minimum Gasteiger partial charge on any atom is -0.508 e. The maximum absolute atomic E-state index is 11.6. The van der Waals surface area contributed by atoms with E-state index in [4.69, 9.17) is 0 Å². The van der Waals surface area contributed by atoms with E-state index in [0.717, 1.165) is 12.0 Å². The smallest absolute Gasteiger partial charge is 0.416 e. The summed E-state index contributed by atoms with van der Waals surface area (Å²) >= 11 is 0. The summed E-state index contributed by atoms with van der Waals surface area (Å²) in [5.74, 6) is 0.668. The minimum absolute atomic E-state index is 0.194. The Balaban J connectivity index is 2.28. The third-order valence-corrected chi connectivity index (χ3v) is 3.02. The highest BCUT2D eigenvalue weighted by Crippen LogP contribution is 2.11. The number of carbonyl (C=O) groups excluding carboxylic acids is 2. The Labute approximate surface area is 130 Å². The van der Waals surface area contributed by atoms with E-state index in [1.807, 2.05) is 20.8 Å². The summed E-state index contributed by atoms with van der Waals surface area (Å²) in [6.07, 6.45) is -0.110. The fraction of sp³-hybridized carbons (Fsp3) is 0.500. The van der Waals surface area contributed by atoms with Crippen LogP contribution in [0.2, 0.25) is 0 Å². The van der Waals surface area contributed by atoms with Crippen molar-refractivity contribution in [3.05, 3.63) is 29.8 Å². The lowest BCUT2D eigenvalue weighted by Gasteiger charge is -2.14. The lowest BCUT2D eigenvalue weighted by Crippen LogP contribution is -2.38. The predicted octanol–water partition coefficient (Wildman–Crippen LogP) is 2.81. The molecule has 122 valence electrons. The minimum atomic E-state index is -0.770. The van der Waals surface area contributed by atoms with Crippen LogP contribution in [-0.4, -0.2) is 29.9 Å². The van der Waals surface area contributed by atoms with Gasteiger partial charge in [-0.05, 0) is 43.4 Å². The van der Waals surface area contributed by atoms with Gasteiger partial charge in [-0.1, -0.05) is 26.0 Å². The highest BCUT2D eigenvalue weighted by molar-refractivity contribution is 5.83. The largest absolute Gasteiger partial charge is 0.508 e. The maximum atomic E-state index is 11.6. The molecule has 0 spiro atoms. The zero-order valence-electron chi connectivity index (χ0n) is 13.3. The van der Waals surface area contributed by atoms with Crippen LogP contribution in [0.15, 0.2) is 24.3 Å². The van der Waals surface area contributed by atoms with Gasteiger partial charge >= 0.3 is 12.2 Å². The van der Waals surface area contributed by atoms with Crippen molar-refractivity contribution in [1.82, 2.24) is 10.6 Å². The van der Waals surface area contributed by atoms with Crippen LogP contribution in [0.4, 0.5) is 9.59 Å². The Bertz CT molecular complexity index is 485. The fourth-order valence-electron chi connectivity index (χ4n) is 1.85. The summed E-state index contributed by atoms with van der Waals surface area (Å²) in [6.45, 7) is 6.38. The number of phenolic OH excluding ortho intramolecular Hbond substituents is 1. The van der Waals surface area contributed by atoms with Crippen molar-refractivity contribution in [3.63, 3.8) is 0 Å². The van der Waals surface area contributed by atoms with Crippen LogP contribution in [0.3, 0.4) is 0 Å². The highest BCUT2D eigenvalue weighted by atomic mass is 16.6. The molecule has 3 N–H and O–H groups in total. The van der Waals surface area contributed by atoms with Crippen LogP contribution in [-0.2, 0) is 11.2 Å². The van der Waals surface area contributed by atoms with Crippen LogP contribution >= 0.6 is 0 Å². The van der Waals surface area contributed by atoms with Crippen LogP contribution < -0.4 is 10.6 Å². The first-order chi connectivity index (χ1) is 10.4. The first-order valence-corrected chi connectivity index (χ1v) is 7.41. The van der Waals surface area contributed by atoms with E-state index in [1.54, 1.807) is 24.3 Å². The Morgan fingerprint density at radius 2 is 1.77 bits per heavy atom. The summed E-state index contributed by atoms with van der Waals surface area (Å²) in [4.78, 5) is 23.0. The summed E-state index contributed by atoms with van der Waals surface area (Å²) in [6, 6.07) is 6.53. The molecule has 0 fully saturated rings. The Hall–Kier alpha value is -2.24. The molecule has 0 aliphatic carbocycles. The van der Waals surface area contributed by atoms with Gasteiger partial charge in [0.2, 0.25) is 0 Å². The van der Waals surface area contributed by atoms with Crippen molar-refractivity contribution in [2.75, 3.05) is 6.54 Å². The molecule has 1 rings (SSSR count). The van der Waals surface area contributed by atoms with Crippen molar-refractivity contribution in [2.45, 2.75) is 39.7 Å². The first kappa shape index (κ1) is 17.8. The number of benzene rings is 1. The predicted molar refractivity (Wildman–Crippen MR) is 83.7 cm³/mol. The SMILES string of the molecule is CC(C)CCNC(=O)OC(=O)NC(C)Cc1ccc(O)cc1. The van der Waals surface area contributed by atoms with E-state index in [0.29, 0.717) is 18.9 Å². The molecule has 1 atom stereocenters. The monoisotopic (exact) mass is 308 g/mol. The lowest BCUT2D eigenvalue weighted by molar-refractivity contribution is 0.148. The normalized spacial score (nSPS) is 11.8. The van der Waals surface area contributed by atoms with E-state index in [1.165, 1.54) is 0 Å². The van der Waals surface area contributed by atoms with Gasteiger partial charge in [0, 0.05) is 12.6 Å². The molecule has 0 saturated heterocycles. The number of amides is 2. The van der Waals surface area contributed by atoms with E-state index >= 15 is 0 Å². The van der Waals surface area contributed by atoms with Crippen LogP contribution in [0.1, 0.15) is 32.8 Å². The second-order valence-electron chi connectivity index (χ2n) is 5.70. The maximum Gasteiger partial charge on any atom is 0.416 e. The Morgan fingerprint density at radius 3 is 2.36 bits per heavy atom. The number of aromatic hydroxyl groups is 1. The second-order valence-corrected chi connectivity index (χ2v) is 5.70. The van der Waals surface area contributed by atoms with Gasteiger partial charge < -0.3 is 20.5 Å². The van der Waals surface area contributed by atoms with Gasteiger partial charge in [-0.2, -0.15) is 0 Å². The zero-order valence-corrected chi connectivity index (χ0v) is 13.3. The molecule has 0 radical (unpaired) electrons. The van der Waals surface area contributed by atoms with E-state index in [9.17, 15) is 14.7 Å². The molecule has 2 amide bonds. The van der Waals surface area contributed by atoms with Gasteiger partial charge in [0.15, 0.2) is 0 Å². The molecule has 6 heteroatoms. The summed E-state index contributed by atoms with van der Waals surface area (Å²) in [5, 5.41) is 14.3. The van der Waals surface area contributed by atoms with Crippen molar-refractivity contribution >= 4 is 12.2 Å². The number of ether oxygens (including phenoxy) is 1. The number of hydrogen-bond acceptors (Lipinski definition) is 4. The van der Waals surface area contributed by atoms with Gasteiger partial charge in [0.05, 0.1) is 0 Å². The first-order valence-electron chi connectivity index (χ1n) is 7.41. The molecule has 0 heterocycles. The standard InChI is InChI=1S/C16H24N2O4/c1-11(2)8-9-17-15(20)22-16(21)18-12(3)10-13-4-6-14(19)7-5-13/h4-7,11-12,19H,8-10H2,1-3H3,(H,17,20)(H,18,21). The molecular formula is C16H24N2O4. The molecule has 1 aromatic rings. The number of rotatable bonds is 6. The number of nitrogens with one attached hydrogen (secondary N) is 2. The molecule has 0 bridgehead atoms. The summed E-state index contributed by atoms with van der Waals surface area (Å²) in [5.41, 5.74) is 0.965. The van der Waals surface area contributed by atoms with Crippen molar-refractivity contribution in [2.24, 2.45) is 5.92 Å². The third-order valence-electron chi connectivity index (χ3n) is 3.02. The molecule has 1 unspecified atom stereocenters. The van der Waals surface area contributed by atoms with E-state index in [2.05, 4.69) is 15.4 Å². The average Bonchev–Trinajstić information content (AvgIpc) is 2.40. The molecule has 22 heavy (non-hydrogen) atoms. The number of alkyl carbamates (subject to hydrolysis) is 2. The van der Waals surface area contributed by atoms with Crippen molar-refractivity contribution in [3.8, 4) is 5.75 Å². The quantitative estimate of drug-likeness (QED) is 0.705. The molecule has 0 aromatic heterocycles. The number of hydrogen-bond donors (Lipinski definition) is 3. The van der Waals surface area contributed by atoms with Gasteiger partial charge in [0.1, 0.15) is 5.75 Å². The van der Waals surface area contributed by atoms with Crippen molar-refractivity contribution < 1.29 is 19.4 Å². The molecule has 0 aliphatic heterocycles. The fourth-order valence-corrected chi connectivity index (χ4v) is 1.85. The third kappa shape index (κ3) is 7.52. The van der Waals surface area contributed by atoms with Gasteiger partial charge in [-0.15, -0.1) is 0 Å². The van der Waals surface area contributed by atoms with E-state index in [-0.39, 0.29) is 11.8 Å². The molecule has 6 nitrogen and oxygen atoms in total. The summed E-state index contributed by atoms with van der Waals surface area (Å²) < 4.78 is 4.62. The average molecular weight is 308 g/mol. The molecule has 1 aromatic carbocycles. The van der Waals surface area contributed by atoms with Crippen molar-refractivity contribution in [1.29, 1.82) is 0 Å². The number of phenols is 1. The number of carbonyl (C=O) groups is 2. The molecule has 0 saturated carbocycles. The second kappa shape index (κ2) is 8.92. The van der Waals surface area contributed by atoms with Gasteiger partial charge in [-0.25, -0.2) is 9.59 Å². The van der Waals surface area contributed by atoms with Gasteiger partial charge in [-0.3, -0.25) is 0 Å². The Morgan fingerprint density at radius 1 is 1.14 bits per heavy atom. The van der Waals surface area contributed by atoms with Crippen LogP contribution in [0.25, 0.3) is 0 Å². The highest BCUT2D eigenvalue weighted by Gasteiger charge is 2.13. The van der Waals surface area contributed by atoms with E-state index < -0.39 is 12.2 Å². The molecule has 0 aliphatic rings. The van der Waals surface area contributed by atoms with Gasteiger partial charge in [0.25, 0.3) is 0 Å². The van der Waals surface area contributed by atoms with Crippen LogP contribution in [0.5, 0.6) is 5.75 Å².